The number of aromatic amines is 1. The van der Waals surface area contributed by atoms with E-state index in [1.165, 1.54) is 12.7 Å². The van der Waals surface area contributed by atoms with E-state index < -0.39 is 62.8 Å². The minimum atomic E-state index is -4.33. The molecule has 0 aliphatic carbocycles. The predicted molar refractivity (Wildman–Crippen MR) is 162 cm³/mol. The first-order valence-electron chi connectivity index (χ1n) is 12.9. The normalized spacial score (nSPS) is 28.1. The van der Waals surface area contributed by atoms with Gasteiger partial charge in [0.05, 0.1) is 25.6 Å². The van der Waals surface area contributed by atoms with Crippen LogP contribution in [0.1, 0.15) is 18.9 Å². The number of aromatic nitrogens is 8. The second kappa shape index (κ2) is 12.0. The van der Waals surface area contributed by atoms with E-state index in [4.69, 9.17) is 34.5 Å². The van der Waals surface area contributed by atoms with Gasteiger partial charge in [0, 0.05) is 6.42 Å². The molecule has 24 heteroatoms. The Balaban J connectivity index is 1.20. The van der Waals surface area contributed by atoms with Crippen molar-refractivity contribution in [2.75, 3.05) is 24.7 Å². The molecule has 8 atom stereocenters. The number of ether oxygens (including phenoxy) is 2. The molecule has 20 nitrogen and oxygen atoms in total. The van der Waals surface area contributed by atoms with Crippen molar-refractivity contribution in [2.45, 2.75) is 43.3 Å². The van der Waals surface area contributed by atoms with Gasteiger partial charge in [0.2, 0.25) is 0 Å². The maximum Gasteiger partial charge on any atom is 0.386 e. The molecule has 6 rings (SSSR count). The summed E-state index contributed by atoms with van der Waals surface area (Å²) in [6, 6.07) is 0. The van der Waals surface area contributed by atoms with Crippen LogP contribution in [0.3, 0.4) is 0 Å². The van der Waals surface area contributed by atoms with Crippen LogP contribution < -0.4 is 17.2 Å². The first-order valence-corrected chi connectivity index (χ1v) is 18.3. The first kappa shape index (κ1) is 32.1. The monoisotopic (exact) mass is 704 g/mol. The first-order chi connectivity index (χ1) is 21.2. The Morgan fingerprint density at radius 2 is 1.78 bits per heavy atom. The van der Waals surface area contributed by atoms with Crippen molar-refractivity contribution in [1.82, 2.24) is 39.0 Å². The van der Waals surface area contributed by atoms with Gasteiger partial charge in [0.25, 0.3) is 0 Å². The summed E-state index contributed by atoms with van der Waals surface area (Å²) in [7, 11) is 0. The van der Waals surface area contributed by atoms with Crippen molar-refractivity contribution in [3.05, 3.63) is 41.6 Å². The van der Waals surface area contributed by atoms with Crippen LogP contribution in [0.15, 0.2) is 35.9 Å². The van der Waals surface area contributed by atoms with Gasteiger partial charge in [0.15, 0.2) is 35.4 Å². The maximum atomic E-state index is 13.5. The molecule has 45 heavy (non-hydrogen) atoms. The Hall–Kier alpha value is -2.88. The number of rotatable bonds is 10. The number of imidazole rings is 2. The third-order valence-electron chi connectivity index (χ3n) is 6.99. The minimum Gasteiger partial charge on any atom is -0.387 e. The van der Waals surface area contributed by atoms with Crippen LogP contribution in [0.5, 0.6) is 0 Å². The quantitative estimate of drug-likeness (QED) is 0.0680. The molecular formula is C21H26N10O10P2S2. The second-order valence-corrected chi connectivity index (χ2v) is 15.6. The third-order valence-corrected chi connectivity index (χ3v) is 9.43. The SMILES string of the molecule is C=C1C[C@@H](CO[P@@](=O)(S)O[C@@H]2C(O)C(COP(=O)(O)S)O[C@H]2n2c(=O)[nH]c3c(N)ncnc32)O[C@H]1n1cnc2c(N)ncnc21. The van der Waals surface area contributed by atoms with E-state index >= 15 is 0 Å². The molecule has 2 aliphatic rings. The van der Waals surface area contributed by atoms with Crippen molar-refractivity contribution in [2.24, 2.45) is 0 Å². The van der Waals surface area contributed by atoms with Crippen LogP contribution in [0.4, 0.5) is 11.6 Å². The molecule has 0 radical (unpaired) electrons. The van der Waals surface area contributed by atoms with Crippen LogP contribution in [-0.4, -0.2) is 86.7 Å². The molecule has 0 saturated carbocycles. The fourth-order valence-corrected chi connectivity index (χ4v) is 7.04. The number of aliphatic hydroxyl groups is 1. The lowest BCUT2D eigenvalue weighted by molar-refractivity contribution is -0.0482. The van der Waals surface area contributed by atoms with Crippen LogP contribution in [0.25, 0.3) is 22.3 Å². The van der Waals surface area contributed by atoms with Crippen molar-refractivity contribution in [3.63, 3.8) is 0 Å². The molecule has 0 amide bonds. The third kappa shape index (κ3) is 6.41. The Kier molecular flexibility index (Phi) is 8.59. The number of nitrogens with zero attached hydrogens (tertiary/aromatic N) is 7. The molecule has 2 saturated heterocycles. The van der Waals surface area contributed by atoms with E-state index in [9.17, 15) is 23.9 Å². The topological polar surface area (TPSA) is 280 Å². The molecule has 6 heterocycles. The highest BCUT2D eigenvalue weighted by molar-refractivity contribution is 8.44. The summed E-state index contributed by atoms with van der Waals surface area (Å²) in [4.78, 5) is 45.1. The zero-order valence-electron chi connectivity index (χ0n) is 22.8. The highest BCUT2D eigenvalue weighted by Gasteiger charge is 2.50. The summed E-state index contributed by atoms with van der Waals surface area (Å²) in [6.07, 6.45) is -3.32. The van der Waals surface area contributed by atoms with Crippen molar-refractivity contribution < 1.29 is 42.2 Å². The van der Waals surface area contributed by atoms with Gasteiger partial charge >= 0.3 is 19.3 Å². The van der Waals surface area contributed by atoms with Gasteiger partial charge in [-0.15, -0.1) is 0 Å². The molecule has 4 aromatic rings. The molecule has 0 aromatic carbocycles. The number of fused-ring (bicyclic) bond motifs is 2. The second-order valence-electron chi connectivity index (χ2n) is 9.99. The standard InChI is InChI=1S/C21H26N10O10P2S2/c1-8-2-9(39-19(8)30-7-28-11-15(22)24-5-26-17(11)30)3-38-43(36,45)41-14-13(32)10(4-37-42(34,35)44)40-20(14)31-18-12(29-21(31)33)16(23)25-6-27-18/h5-7,9-10,13-14,19-20,32H,1-4H2,(H,29,33)(H,36,45)(H2,22,24,26)(H2,23,25,27)(H2,34,35,44)/t9-,10?,13?,14+,19+,20+,43+/m0/s1. The summed E-state index contributed by atoms with van der Waals surface area (Å²) in [5.41, 5.74) is 12.4. The smallest absolute Gasteiger partial charge is 0.386 e. The van der Waals surface area contributed by atoms with E-state index in [-0.39, 0.29) is 29.4 Å². The van der Waals surface area contributed by atoms with Crippen LogP contribution in [0.2, 0.25) is 0 Å². The highest BCUT2D eigenvalue weighted by atomic mass is 32.7. The molecule has 3 unspecified atom stereocenters. The molecule has 2 fully saturated rings. The summed E-state index contributed by atoms with van der Waals surface area (Å²) in [5.74, 6) is 0.143. The van der Waals surface area contributed by atoms with E-state index in [0.29, 0.717) is 23.2 Å². The number of thiol groups is 2. The van der Waals surface area contributed by atoms with E-state index in [1.54, 1.807) is 4.57 Å². The number of aliphatic hydroxyl groups excluding tert-OH is 1. The summed E-state index contributed by atoms with van der Waals surface area (Å²) >= 11 is 7.52. The Bertz CT molecular complexity index is 1930. The average Bonchev–Trinajstić information content (AvgIpc) is 3.71. The lowest BCUT2D eigenvalue weighted by Gasteiger charge is -2.25. The van der Waals surface area contributed by atoms with Gasteiger partial charge in [-0.3, -0.25) is 18.1 Å². The molecule has 242 valence electrons. The highest BCUT2D eigenvalue weighted by Crippen LogP contribution is 2.57. The fraction of sp³-hybridized carbons (Fsp3) is 0.429. The molecular weight excluding hydrogens is 678 g/mol. The number of hydrogen-bond donors (Lipinski definition) is 7. The van der Waals surface area contributed by atoms with Gasteiger partial charge in [-0.1, -0.05) is 31.1 Å². The molecule has 0 spiro atoms. The number of H-pyrrole nitrogens is 1. The summed E-state index contributed by atoms with van der Waals surface area (Å²) < 4.78 is 55.5. The van der Waals surface area contributed by atoms with E-state index in [1.807, 2.05) is 0 Å². The molecule has 2 aliphatic heterocycles. The largest absolute Gasteiger partial charge is 0.387 e. The molecule has 0 bridgehead atoms. The number of nitrogens with one attached hydrogen (secondary N) is 1. The van der Waals surface area contributed by atoms with Crippen LogP contribution in [0, 0.1) is 0 Å². The predicted octanol–water partition coefficient (Wildman–Crippen LogP) is 0.712. The number of anilines is 2. The van der Waals surface area contributed by atoms with Gasteiger partial charge in [-0.05, 0) is 5.57 Å². The lowest BCUT2D eigenvalue weighted by Crippen LogP contribution is -2.36. The van der Waals surface area contributed by atoms with Crippen LogP contribution >= 0.6 is 38.1 Å². The average molecular weight is 705 g/mol. The van der Waals surface area contributed by atoms with Crippen LogP contribution in [-0.2, 0) is 32.2 Å². The number of nitrogen functional groups attached to an aromatic ring is 2. The Morgan fingerprint density at radius 1 is 1.07 bits per heavy atom. The minimum absolute atomic E-state index is 0.0280. The van der Waals surface area contributed by atoms with Gasteiger partial charge in [-0.2, -0.15) is 0 Å². The van der Waals surface area contributed by atoms with Gasteiger partial charge < -0.3 is 35.9 Å². The Morgan fingerprint density at radius 3 is 2.51 bits per heavy atom. The number of hydrogen-bond acceptors (Lipinski definition) is 16. The summed E-state index contributed by atoms with van der Waals surface area (Å²) in [5, 5.41) is 11.1. The summed E-state index contributed by atoms with van der Waals surface area (Å²) in [6.45, 7) is -5.52. The van der Waals surface area contributed by atoms with Gasteiger partial charge in [0.1, 0.15) is 42.0 Å². The Labute approximate surface area is 262 Å². The fourth-order valence-electron chi connectivity index (χ4n) is 5.02. The lowest BCUT2D eigenvalue weighted by atomic mass is 10.1. The zero-order valence-corrected chi connectivity index (χ0v) is 26.3. The van der Waals surface area contributed by atoms with Crippen molar-refractivity contribution in [1.29, 1.82) is 0 Å². The van der Waals surface area contributed by atoms with E-state index in [0.717, 1.165) is 10.9 Å². The van der Waals surface area contributed by atoms with E-state index in [2.05, 4.69) is 61.0 Å². The molecule has 7 N–H and O–H groups in total. The molecule has 4 aromatic heterocycles. The van der Waals surface area contributed by atoms with Crippen molar-refractivity contribution in [3.8, 4) is 0 Å². The zero-order chi connectivity index (χ0) is 32.3. The van der Waals surface area contributed by atoms with Gasteiger partial charge in [-0.25, -0.2) is 43.4 Å². The maximum absolute atomic E-state index is 13.5. The van der Waals surface area contributed by atoms with Crippen molar-refractivity contribution >= 4 is 72.1 Å². The number of nitrogens with two attached hydrogens (primary N) is 2.